The van der Waals surface area contributed by atoms with Gasteiger partial charge in [0.15, 0.2) is 9.84 Å². The lowest BCUT2D eigenvalue weighted by Crippen LogP contribution is -2.48. The van der Waals surface area contributed by atoms with Crippen molar-refractivity contribution < 1.29 is 21.7 Å². The van der Waals surface area contributed by atoms with E-state index in [2.05, 4.69) is 6.08 Å². The second kappa shape index (κ2) is 18.3. The highest BCUT2D eigenvalue weighted by Crippen LogP contribution is 2.28. The van der Waals surface area contributed by atoms with E-state index in [1.165, 1.54) is 30.9 Å². The van der Waals surface area contributed by atoms with E-state index in [1.54, 1.807) is 12.1 Å². The molecule has 2 rings (SSSR count). The molecular formula is C30H52O5SSi. The Morgan fingerprint density at radius 3 is 1.73 bits per heavy atom. The standard InChI is InChI=1S/C30H52O5SSi/c1-4-33-37(34-5-2,35-6-3)30-26-20-13-9-7-8-11-16-22-28(23-17-12-10-14-21-27-30)36(31,32)29-24-18-15-19-25-29/h15,18-19,24-25,27-28H,4-14,16-17,20-23,26H2,1-3H3/b30-27-. The number of benzene rings is 1. The first-order chi connectivity index (χ1) is 18.0. The maximum Gasteiger partial charge on any atom is 0.532 e. The molecular weight excluding hydrogens is 500 g/mol. The highest BCUT2D eigenvalue weighted by Gasteiger charge is 2.44. The fraction of sp³-hybridized carbons (Fsp3) is 0.733. The van der Waals surface area contributed by atoms with Crippen LogP contribution in [-0.2, 0) is 23.1 Å². The minimum absolute atomic E-state index is 0.268. The Kier molecular flexibility index (Phi) is 16.0. The zero-order valence-corrected chi connectivity index (χ0v) is 25.5. The first kappa shape index (κ1) is 32.2. The second-order valence-electron chi connectivity index (χ2n) is 10.1. The fourth-order valence-corrected chi connectivity index (χ4v) is 10.0. The molecule has 0 aliphatic heterocycles. The molecule has 0 saturated heterocycles. The van der Waals surface area contributed by atoms with Crippen molar-refractivity contribution in [2.24, 2.45) is 0 Å². The van der Waals surface area contributed by atoms with Gasteiger partial charge >= 0.3 is 8.80 Å². The van der Waals surface area contributed by atoms with Gasteiger partial charge in [0.05, 0.1) is 10.1 Å². The molecule has 0 saturated carbocycles. The van der Waals surface area contributed by atoms with Crippen LogP contribution in [-0.4, -0.2) is 42.3 Å². The van der Waals surface area contributed by atoms with Crippen LogP contribution in [0.1, 0.15) is 117 Å². The predicted octanol–water partition coefficient (Wildman–Crippen LogP) is 8.21. The van der Waals surface area contributed by atoms with E-state index in [4.69, 9.17) is 13.3 Å². The van der Waals surface area contributed by atoms with Crippen LogP contribution in [0.4, 0.5) is 0 Å². The molecule has 0 amide bonds. The Morgan fingerprint density at radius 1 is 0.703 bits per heavy atom. The summed E-state index contributed by atoms with van der Waals surface area (Å²) in [6.07, 6.45) is 18.1. The van der Waals surface area contributed by atoms with Crippen molar-refractivity contribution in [3.8, 4) is 0 Å². The number of rotatable bonds is 9. The number of sulfone groups is 1. The molecule has 0 N–H and O–H groups in total. The lowest BCUT2D eigenvalue weighted by Gasteiger charge is -2.31. The fourth-order valence-electron chi connectivity index (χ4n) is 5.33. The number of allylic oxidation sites excluding steroid dienone is 2. The molecule has 1 unspecified atom stereocenters. The molecule has 0 bridgehead atoms. The summed E-state index contributed by atoms with van der Waals surface area (Å²) >= 11 is 0. The average Bonchev–Trinajstić information content (AvgIpc) is 2.89. The predicted molar refractivity (Wildman–Crippen MR) is 155 cm³/mol. The van der Waals surface area contributed by atoms with Gasteiger partial charge in [0.2, 0.25) is 0 Å². The first-order valence-corrected chi connectivity index (χ1v) is 18.2. The molecule has 0 spiro atoms. The molecule has 1 aromatic rings. The summed E-state index contributed by atoms with van der Waals surface area (Å²) in [6.45, 7) is 7.84. The minimum Gasteiger partial charge on any atom is -0.370 e. The topological polar surface area (TPSA) is 61.8 Å². The molecule has 1 aliphatic rings. The molecule has 5 nitrogen and oxygen atoms in total. The molecule has 1 aromatic carbocycles. The summed E-state index contributed by atoms with van der Waals surface area (Å²) in [5, 5.41) is 0.990. The van der Waals surface area contributed by atoms with E-state index in [9.17, 15) is 8.42 Å². The van der Waals surface area contributed by atoms with Crippen LogP contribution in [0.2, 0.25) is 0 Å². The van der Waals surface area contributed by atoms with Crippen LogP contribution in [0.3, 0.4) is 0 Å². The van der Waals surface area contributed by atoms with Crippen LogP contribution in [0.25, 0.3) is 0 Å². The Balaban J connectivity index is 2.09. The van der Waals surface area contributed by atoms with Gasteiger partial charge in [-0.1, -0.05) is 82.1 Å². The van der Waals surface area contributed by atoms with Crippen LogP contribution in [0.15, 0.2) is 46.5 Å². The van der Waals surface area contributed by atoms with Gasteiger partial charge in [0.25, 0.3) is 0 Å². The molecule has 0 aromatic heterocycles. The van der Waals surface area contributed by atoms with E-state index in [-0.39, 0.29) is 5.25 Å². The van der Waals surface area contributed by atoms with Gasteiger partial charge in [-0.2, -0.15) is 0 Å². The summed E-state index contributed by atoms with van der Waals surface area (Å²) in [7, 11) is -6.12. The Bertz CT molecular complexity index is 839. The first-order valence-electron chi connectivity index (χ1n) is 14.9. The largest absolute Gasteiger partial charge is 0.532 e. The van der Waals surface area contributed by atoms with Crippen molar-refractivity contribution in [1.29, 1.82) is 0 Å². The van der Waals surface area contributed by atoms with Gasteiger partial charge in [-0.25, -0.2) is 8.42 Å². The van der Waals surface area contributed by atoms with Gasteiger partial charge < -0.3 is 13.3 Å². The SMILES string of the molecule is CCO[Si](OCC)(OCC)/C1=C\CCCCCCC(S(=O)(=O)c2ccccc2)CCCCCCCCC1. The van der Waals surface area contributed by atoms with Gasteiger partial charge in [-0.3, -0.25) is 0 Å². The molecule has 37 heavy (non-hydrogen) atoms. The Labute approximate surface area is 228 Å². The van der Waals surface area contributed by atoms with Crippen LogP contribution < -0.4 is 0 Å². The van der Waals surface area contributed by atoms with Crippen molar-refractivity contribution in [1.82, 2.24) is 0 Å². The van der Waals surface area contributed by atoms with Crippen LogP contribution in [0, 0.1) is 0 Å². The normalized spacial score (nSPS) is 21.9. The lowest BCUT2D eigenvalue weighted by atomic mass is 10.0. The molecule has 1 aliphatic carbocycles. The average molecular weight is 553 g/mol. The van der Waals surface area contributed by atoms with Crippen molar-refractivity contribution in [3.05, 3.63) is 41.6 Å². The highest BCUT2D eigenvalue weighted by molar-refractivity contribution is 7.92. The quantitative estimate of drug-likeness (QED) is 0.289. The van der Waals surface area contributed by atoms with Crippen molar-refractivity contribution in [3.63, 3.8) is 0 Å². The summed E-state index contributed by atoms with van der Waals surface area (Å²) in [6, 6.07) is 9.04. The van der Waals surface area contributed by atoms with E-state index >= 15 is 0 Å². The third kappa shape index (κ3) is 11.0. The minimum atomic E-state index is -3.28. The van der Waals surface area contributed by atoms with Gasteiger partial charge in [0, 0.05) is 19.8 Å². The van der Waals surface area contributed by atoms with E-state index in [0.717, 1.165) is 70.6 Å². The Hall–Kier alpha value is -0.993. The van der Waals surface area contributed by atoms with Gasteiger partial charge in [-0.05, 0) is 76.6 Å². The molecule has 1 atom stereocenters. The van der Waals surface area contributed by atoms with Gasteiger partial charge in [-0.15, -0.1) is 0 Å². The third-order valence-corrected chi connectivity index (χ3v) is 12.8. The van der Waals surface area contributed by atoms with Crippen molar-refractivity contribution >= 4 is 18.6 Å². The maximum absolute atomic E-state index is 13.4. The van der Waals surface area contributed by atoms with Gasteiger partial charge in [0.1, 0.15) is 0 Å². The van der Waals surface area contributed by atoms with Crippen LogP contribution in [0.5, 0.6) is 0 Å². The highest BCUT2D eigenvalue weighted by atomic mass is 32.2. The smallest absolute Gasteiger partial charge is 0.370 e. The maximum atomic E-state index is 13.4. The van der Waals surface area contributed by atoms with E-state index < -0.39 is 18.6 Å². The number of hydrogen-bond donors (Lipinski definition) is 0. The molecule has 0 heterocycles. The zero-order valence-electron chi connectivity index (χ0n) is 23.7. The third-order valence-electron chi connectivity index (χ3n) is 7.25. The van der Waals surface area contributed by atoms with E-state index in [0.29, 0.717) is 24.7 Å². The van der Waals surface area contributed by atoms with E-state index in [1.807, 2.05) is 39.0 Å². The zero-order chi connectivity index (χ0) is 26.8. The monoisotopic (exact) mass is 552 g/mol. The van der Waals surface area contributed by atoms with Crippen molar-refractivity contribution in [2.75, 3.05) is 19.8 Å². The molecule has 0 radical (unpaired) electrons. The Morgan fingerprint density at radius 2 is 1.19 bits per heavy atom. The number of hydrogen-bond acceptors (Lipinski definition) is 5. The molecule has 0 fully saturated rings. The summed E-state index contributed by atoms with van der Waals surface area (Å²) in [5.41, 5.74) is 0. The summed E-state index contributed by atoms with van der Waals surface area (Å²) < 4.78 is 45.4. The molecule has 212 valence electrons. The second-order valence-corrected chi connectivity index (χ2v) is 14.9. The summed E-state index contributed by atoms with van der Waals surface area (Å²) in [4.78, 5) is 0.477. The van der Waals surface area contributed by atoms with Crippen molar-refractivity contribution in [2.45, 2.75) is 127 Å². The summed E-state index contributed by atoms with van der Waals surface area (Å²) in [5.74, 6) is 0. The lowest BCUT2D eigenvalue weighted by molar-refractivity contribution is 0.0795. The van der Waals surface area contributed by atoms with Crippen LogP contribution >= 0.6 is 0 Å². The molecule has 7 heteroatoms.